The maximum Gasteiger partial charge on any atom is 0.267 e. The number of benzene rings is 2. The third-order valence-electron chi connectivity index (χ3n) is 4.26. The smallest absolute Gasteiger partial charge is 0.267 e. The van der Waals surface area contributed by atoms with Crippen LogP contribution in [-0.4, -0.2) is 24.6 Å². The number of rotatable bonds is 5. The molecule has 2 aromatic carbocycles. The monoisotopic (exact) mass is 324 g/mol. The molecule has 1 saturated heterocycles. The summed E-state index contributed by atoms with van der Waals surface area (Å²) in [6, 6.07) is 17.4. The molecule has 0 spiro atoms. The molecule has 0 unspecified atom stereocenters. The van der Waals surface area contributed by atoms with Gasteiger partial charge in [0.1, 0.15) is 5.75 Å². The Morgan fingerprint density at radius 3 is 2.25 bits per heavy atom. The Hall–Kier alpha value is -2.49. The van der Waals surface area contributed by atoms with Crippen LogP contribution in [0.1, 0.15) is 26.7 Å². The highest BCUT2D eigenvalue weighted by Crippen LogP contribution is 2.23. The first-order valence-corrected chi connectivity index (χ1v) is 8.45. The van der Waals surface area contributed by atoms with Gasteiger partial charge in [-0.2, -0.15) is 0 Å². The van der Waals surface area contributed by atoms with E-state index in [0.717, 1.165) is 18.8 Å². The molecule has 1 amide bonds. The third-order valence-corrected chi connectivity index (χ3v) is 4.26. The molecule has 1 N–H and O–H groups in total. The first-order valence-electron chi connectivity index (χ1n) is 8.45. The fourth-order valence-electron chi connectivity index (χ4n) is 2.84. The largest absolute Gasteiger partial charge is 0.478 e. The van der Waals surface area contributed by atoms with Gasteiger partial charge in [0, 0.05) is 24.5 Å². The number of amides is 1. The second-order valence-electron chi connectivity index (χ2n) is 6.62. The molecule has 0 aliphatic carbocycles. The maximum absolute atomic E-state index is 12.5. The predicted octanol–water partition coefficient (Wildman–Crippen LogP) is 4.08. The second-order valence-corrected chi connectivity index (χ2v) is 6.62. The molecule has 2 aromatic rings. The summed E-state index contributed by atoms with van der Waals surface area (Å²) in [4.78, 5) is 14.9. The summed E-state index contributed by atoms with van der Waals surface area (Å²) in [5.74, 6) is 0.516. The van der Waals surface area contributed by atoms with E-state index in [-0.39, 0.29) is 5.91 Å². The molecular formula is C20H24N2O2. The summed E-state index contributed by atoms with van der Waals surface area (Å²) >= 11 is 0. The average molecular weight is 324 g/mol. The van der Waals surface area contributed by atoms with Crippen molar-refractivity contribution in [3.63, 3.8) is 0 Å². The van der Waals surface area contributed by atoms with Gasteiger partial charge in [-0.05, 0) is 63.1 Å². The van der Waals surface area contributed by atoms with Crippen LogP contribution in [0.5, 0.6) is 5.75 Å². The van der Waals surface area contributed by atoms with Crippen molar-refractivity contribution in [1.29, 1.82) is 0 Å². The van der Waals surface area contributed by atoms with Crippen LogP contribution in [0.2, 0.25) is 0 Å². The molecule has 0 saturated carbocycles. The van der Waals surface area contributed by atoms with Crippen molar-refractivity contribution in [3.8, 4) is 5.75 Å². The van der Waals surface area contributed by atoms with E-state index >= 15 is 0 Å². The lowest BCUT2D eigenvalue weighted by atomic mass is 10.1. The number of hydrogen-bond donors (Lipinski definition) is 1. The lowest BCUT2D eigenvalue weighted by Crippen LogP contribution is -2.42. The molecule has 0 atom stereocenters. The van der Waals surface area contributed by atoms with E-state index in [4.69, 9.17) is 4.74 Å². The van der Waals surface area contributed by atoms with Crippen molar-refractivity contribution >= 4 is 17.3 Å². The number of carbonyl (C=O) groups excluding carboxylic acids is 1. The van der Waals surface area contributed by atoms with Crippen LogP contribution in [0.15, 0.2) is 54.6 Å². The van der Waals surface area contributed by atoms with E-state index in [2.05, 4.69) is 22.3 Å². The fraction of sp³-hybridized carbons (Fsp3) is 0.350. The van der Waals surface area contributed by atoms with Crippen LogP contribution < -0.4 is 15.0 Å². The van der Waals surface area contributed by atoms with Gasteiger partial charge in [0.05, 0.1) is 0 Å². The van der Waals surface area contributed by atoms with Crippen LogP contribution in [0.25, 0.3) is 0 Å². The Bertz CT molecular complexity index is 675. The summed E-state index contributed by atoms with van der Waals surface area (Å²) in [5, 5.41) is 2.94. The number of hydrogen-bond acceptors (Lipinski definition) is 3. The first-order chi connectivity index (χ1) is 11.5. The molecule has 3 rings (SSSR count). The van der Waals surface area contributed by atoms with Crippen LogP contribution in [-0.2, 0) is 4.79 Å². The number of nitrogens with one attached hydrogen (secondary N) is 1. The van der Waals surface area contributed by atoms with Crippen LogP contribution in [0.4, 0.5) is 11.4 Å². The molecule has 1 aliphatic rings. The van der Waals surface area contributed by atoms with Gasteiger partial charge < -0.3 is 15.0 Å². The van der Waals surface area contributed by atoms with E-state index < -0.39 is 5.60 Å². The molecule has 0 aromatic heterocycles. The van der Waals surface area contributed by atoms with E-state index in [1.807, 2.05) is 42.5 Å². The van der Waals surface area contributed by atoms with Crippen molar-refractivity contribution in [3.05, 3.63) is 54.6 Å². The molecule has 4 heteroatoms. The molecule has 0 bridgehead atoms. The molecule has 0 radical (unpaired) electrons. The SMILES string of the molecule is CC(C)(Oc1ccccc1)C(=O)Nc1ccc(N2CCCC2)cc1. The van der Waals surface area contributed by atoms with Gasteiger partial charge in [0.25, 0.3) is 5.91 Å². The van der Waals surface area contributed by atoms with E-state index in [0.29, 0.717) is 5.75 Å². The zero-order valence-corrected chi connectivity index (χ0v) is 14.3. The first kappa shape index (κ1) is 16.4. The maximum atomic E-state index is 12.5. The van der Waals surface area contributed by atoms with Crippen LogP contribution in [0, 0.1) is 0 Å². The number of anilines is 2. The lowest BCUT2D eigenvalue weighted by molar-refractivity contribution is -0.128. The van der Waals surface area contributed by atoms with Gasteiger partial charge in [-0.15, -0.1) is 0 Å². The molecular weight excluding hydrogens is 300 g/mol. The summed E-state index contributed by atoms with van der Waals surface area (Å²) in [6.07, 6.45) is 2.51. The molecule has 126 valence electrons. The van der Waals surface area contributed by atoms with Crippen molar-refractivity contribution in [2.45, 2.75) is 32.3 Å². The average Bonchev–Trinajstić information content (AvgIpc) is 3.10. The number of nitrogens with zero attached hydrogens (tertiary/aromatic N) is 1. The predicted molar refractivity (Wildman–Crippen MR) is 97.7 cm³/mol. The number of para-hydroxylation sites is 1. The highest BCUT2D eigenvalue weighted by Gasteiger charge is 2.30. The zero-order valence-electron chi connectivity index (χ0n) is 14.3. The summed E-state index contributed by atoms with van der Waals surface area (Å²) in [5.41, 5.74) is 1.05. The summed E-state index contributed by atoms with van der Waals surface area (Å²) in [7, 11) is 0. The Balaban J connectivity index is 1.63. The standard InChI is InChI=1S/C20H24N2O2/c1-20(2,24-18-8-4-3-5-9-18)19(23)21-16-10-12-17(13-11-16)22-14-6-7-15-22/h3-5,8-13H,6-7,14-15H2,1-2H3,(H,21,23). The van der Waals surface area contributed by atoms with Crippen molar-refractivity contribution in [2.24, 2.45) is 0 Å². The quantitative estimate of drug-likeness (QED) is 0.901. The van der Waals surface area contributed by atoms with Crippen molar-refractivity contribution < 1.29 is 9.53 Å². The molecule has 4 nitrogen and oxygen atoms in total. The van der Waals surface area contributed by atoms with E-state index in [9.17, 15) is 4.79 Å². The topological polar surface area (TPSA) is 41.6 Å². The minimum atomic E-state index is -0.949. The number of carbonyl (C=O) groups is 1. The highest BCUT2D eigenvalue weighted by molar-refractivity contribution is 5.97. The zero-order chi connectivity index (χ0) is 17.0. The molecule has 24 heavy (non-hydrogen) atoms. The van der Waals surface area contributed by atoms with Gasteiger partial charge in [-0.1, -0.05) is 18.2 Å². The highest BCUT2D eigenvalue weighted by atomic mass is 16.5. The van der Waals surface area contributed by atoms with Gasteiger partial charge >= 0.3 is 0 Å². The normalized spacial score (nSPS) is 14.5. The second kappa shape index (κ2) is 6.95. The minimum absolute atomic E-state index is 0.166. The van der Waals surface area contributed by atoms with Crippen molar-refractivity contribution in [2.75, 3.05) is 23.3 Å². The van der Waals surface area contributed by atoms with Crippen molar-refractivity contribution in [1.82, 2.24) is 0 Å². The van der Waals surface area contributed by atoms with Gasteiger partial charge in [-0.3, -0.25) is 4.79 Å². The molecule has 1 aliphatic heterocycles. The Kier molecular flexibility index (Phi) is 4.74. The fourth-order valence-corrected chi connectivity index (χ4v) is 2.84. The third kappa shape index (κ3) is 3.88. The summed E-state index contributed by atoms with van der Waals surface area (Å²) < 4.78 is 5.82. The van der Waals surface area contributed by atoms with Gasteiger partial charge in [-0.25, -0.2) is 0 Å². The molecule has 1 fully saturated rings. The summed E-state index contributed by atoms with van der Waals surface area (Å²) in [6.45, 7) is 5.77. The minimum Gasteiger partial charge on any atom is -0.478 e. The van der Waals surface area contributed by atoms with Crippen LogP contribution >= 0.6 is 0 Å². The lowest BCUT2D eigenvalue weighted by Gasteiger charge is -2.25. The molecule has 1 heterocycles. The Labute approximate surface area is 143 Å². The van der Waals surface area contributed by atoms with Gasteiger partial charge in [0.2, 0.25) is 0 Å². The van der Waals surface area contributed by atoms with Crippen LogP contribution in [0.3, 0.4) is 0 Å². The Morgan fingerprint density at radius 2 is 1.62 bits per heavy atom. The Morgan fingerprint density at radius 1 is 1.00 bits per heavy atom. The van der Waals surface area contributed by atoms with Gasteiger partial charge in [0.15, 0.2) is 5.60 Å². The van der Waals surface area contributed by atoms with E-state index in [1.54, 1.807) is 13.8 Å². The van der Waals surface area contributed by atoms with E-state index in [1.165, 1.54) is 18.5 Å². The number of ether oxygens (including phenoxy) is 1.